The van der Waals surface area contributed by atoms with Crippen LogP contribution in [0.1, 0.15) is 38.7 Å². The van der Waals surface area contributed by atoms with Crippen LogP contribution in [-0.2, 0) is 4.79 Å². The summed E-state index contributed by atoms with van der Waals surface area (Å²) < 4.78 is 2.18. The number of nitriles is 1. The molecule has 0 fully saturated rings. The fourth-order valence-corrected chi connectivity index (χ4v) is 2.45. The van der Waals surface area contributed by atoms with Gasteiger partial charge in [0.25, 0.3) is 0 Å². The lowest BCUT2D eigenvalue weighted by Crippen LogP contribution is -2.36. The Labute approximate surface area is 130 Å². The van der Waals surface area contributed by atoms with E-state index in [0.29, 0.717) is 0 Å². The van der Waals surface area contributed by atoms with Crippen molar-refractivity contribution in [3.05, 3.63) is 30.1 Å². The quantitative estimate of drug-likeness (QED) is 0.798. The Bertz CT molecular complexity index is 698. The van der Waals surface area contributed by atoms with Crippen LogP contribution in [-0.4, -0.2) is 28.5 Å². The van der Waals surface area contributed by atoms with Crippen molar-refractivity contribution in [3.63, 3.8) is 0 Å². The maximum Gasteiger partial charge on any atom is 0.234 e. The Balaban J connectivity index is 2.17. The molecule has 2 N–H and O–H groups in total. The highest BCUT2D eigenvalue weighted by molar-refractivity contribution is 5.78. The molecule has 1 aromatic carbocycles. The molecule has 0 saturated carbocycles. The molecule has 0 aliphatic rings. The van der Waals surface area contributed by atoms with Gasteiger partial charge in [-0.15, -0.1) is 0 Å². The molecule has 6 nitrogen and oxygen atoms in total. The maximum absolute atomic E-state index is 11.6. The summed E-state index contributed by atoms with van der Waals surface area (Å²) in [4.78, 5) is 16.3. The molecule has 1 atom stereocenters. The highest BCUT2D eigenvalue weighted by Crippen LogP contribution is 2.24. The van der Waals surface area contributed by atoms with Crippen LogP contribution in [0.4, 0.5) is 0 Å². The van der Waals surface area contributed by atoms with Gasteiger partial charge in [0.15, 0.2) is 0 Å². The summed E-state index contributed by atoms with van der Waals surface area (Å²) in [5, 5.41) is 14.1. The monoisotopic (exact) mass is 299 g/mol. The third kappa shape index (κ3) is 3.43. The summed E-state index contributed by atoms with van der Waals surface area (Å²) in [6.45, 7) is 6.40. The summed E-state index contributed by atoms with van der Waals surface area (Å²) in [7, 11) is 0. The summed E-state index contributed by atoms with van der Waals surface area (Å²) >= 11 is 0. The number of nitrogens with one attached hydrogen (secondary N) is 2. The minimum Gasteiger partial charge on any atom is -0.342 e. The van der Waals surface area contributed by atoms with Crippen LogP contribution in [0.15, 0.2) is 24.3 Å². The van der Waals surface area contributed by atoms with Crippen molar-refractivity contribution in [2.24, 2.45) is 0 Å². The predicted octanol–water partition coefficient (Wildman–Crippen LogP) is 1.91. The van der Waals surface area contributed by atoms with E-state index >= 15 is 0 Å². The van der Waals surface area contributed by atoms with Gasteiger partial charge in [-0.2, -0.15) is 5.26 Å². The van der Waals surface area contributed by atoms with E-state index in [2.05, 4.69) is 35.1 Å². The van der Waals surface area contributed by atoms with Crippen LogP contribution in [0, 0.1) is 11.3 Å². The van der Waals surface area contributed by atoms with Crippen molar-refractivity contribution in [2.75, 3.05) is 13.1 Å². The first-order valence-corrected chi connectivity index (χ1v) is 7.38. The van der Waals surface area contributed by atoms with Gasteiger partial charge in [0.05, 0.1) is 29.7 Å². The number of fused-ring (bicyclic) bond motifs is 1. The largest absolute Gasteiger partial charge is 0.342 e. The van der Waals surface area contributed by atoms with E-state index in [9.17, 15) is 4.79 Å². The molecule has 0 radical (unpaired) electrons. The van der Waals surface area contributed by atoms with Crippen LogP contribution >= 0.6 is 0 Å². The van der Waals surface area contributed by atoms with E-state index in [1.807, 2.05) is 31.2 Å². The summed E-state index contributed by atoms with van der Waals surface area (Å²) in [5.41, 5.74) is 2.05. The van der Waals surface area contributed by atoms with Gasteiger partial charge in [-0.05, 0) is 32.9 Å². The Morgan fingerprint density at radius 1 is 1.36 bits per heavy atom. The number of hydrogen-bond donors (Lipinski definition) is 2. The number of para-hydroxylation sites is 2. The van der Waals surface area contributed by atoms with Gasteiger partial charge >= 0.3 is 0 Å². The molecule has 0 saturated heterocycles. The van der Waals surface area contributed by atoms with Gasteiger partial charge in [-0.3, -0.25) is 10.1 Å². The van der Waals surface area contributed by atoms with Crippen LogP contribution in [0.2, 0.25) is 0 Å². The number of carbonyl (C=O) groups is 1. The molecule has 22 heavy (non-hydrogen) atoms. The first-order valence-electron chi connectivity index (χ1n) is 7.38. The molecular formula is C16H21N5O. The molecule has 0 aliphatic heterocycles. The normalized spacial score (nSPS) is 12.3. The smallest absolute Gasteiger partial charge is 0.234 e. The van der Waals surface area contributed by atoms with Crippen molar-refractivity contribution in [3.8, 4) is 6.07 Å². The Morgan fingerprint density at radius 2 is 2.09 bits per heavy atom. The molecule has 1 heterocycles. The number of carbonyl (C=O) groups excluding carboxylic acids is 1. The zero-order valence-electron chi connectivity index (χ0n) is 13.1. The number of amides is 1. The van der Waals surface area contributed by atoms with Crippen molar-refractivity contribution >= 4 is 16.9 Å². The van der Waals surface area contributed by atoms with Gasteiger partial charge in [-0.1, -0.05) is 12.1 Å². The molecule has 0 bridgehead atoms. The van der Waals surface area contributed by atoms with E-state index in [4.69, 9.17) is 10.2 Å². The van der Waals surface area contributed by atoms with Crippen LogP contribution < -0.4 is 10.6 Å². The van der Waals surface area contributed by atoms with E-state index in [-0.39, 0.29) is 31.1 Å². The van der Waals surface area contributed by atoms with Crippen molar-refractivity contribution < 1.29 is 4.79 Å². The van der Waals surface area contributed by atoms with E-state index in [0.717, 1.165) is 16.9 Å². The second-order valence-corrected chi connectivity index (χ2v) is 5.46. The minimum atomic E-state index is -0.194. The maximum atomic E-state index is 11.6. The molecule has 116 valence electrons. The Morgan fingerprint density at radius 3 is 2.77 bits per heavy atom. The Hall–Kier alpha value is -2.39. The van der Waals surface area contributed by atoms with Gasteiger partial charge in [0, 0.05) is 6.04 Å². The van der Waals surface area contributed by atoms with Crippen molar-refractivity contribution in [1.29, 1.82) is 5.26 Å². The molecule has 6 heteroatoms. The number of imidazole rings is 1. The first-order chi connectivity index (χ1) is 10.5. The van der Waals surface area contributed by atoms with Gasteiger partial charge in [0.1, 0.15) is 12.4 Å². The third-order valence-electron chi connectivity index (χ3n) is 3.46. The lowest BCUT2D eigenvalue weighted by Gasteiger charge is -2.18. The van der Waals surface area contributed by atoms with E-state index < -0.39 is 0 Å². The lowest BCUT2D eigenvalue weighted by atomic mass is 10.2. The van der Waals surface area contributed by atoms with E-state index in [1.165, 1.54) is 0 Å². The molecule has 0 aliphatic carbocycles. The summed E-state index contributed by atoms with van der Waals surface area (Å²) in [6, 6.07) is 10.1. The van der Waals surface area contributed by atoms with Gasteiger partial charge in [0.2, 0.25) is 5.91 Å². The second kappa shape index (κ2) is 7.05. The topological polar surface area (TPSA) is 82.7 Å². The standard InChI is InChI=1S/C16H21N5O/c1-11(2)21-14-7-5-4-6-13(14)20-16(21)12(3)19-10-15(22)18-9-8-17/h4-7,11-12,19H,9-10H2,1-3H3,(H,18,22). The number of benzene rings is 1. The SMILES string of the molecule is CC(NCC(=O)NCC#N)c1nc2ccccc2n1C(C)C. The Kier molecular flexibility index (Phi) is 5.12. The second-order valence-electron chi connectivity index (χ2n) is 5.46. The average Bonchev–Trinajstić information content (AvgIpc) is 2.90. The van der Waals surface area contributed by atoms with E-state index in [1.54, 1.807) is 0 Å². The molecule has 0 spiro atoms. The van der Waals surface area contributed by atoms with Crippen molar-refractivity contribution in [2.45, 2.75) is 32.9 Å². The molecule has 1 aromatic heterocycles. The van der Waals surface area contributed by atoms with Crippen molar-refractivity contribution in [1.82, 2.24) is 20.2 Å². The molecule has 1 unspecified atom stereocenters. The van der Waals surface area contributed by atoms with Crippen LogP contribution in [0.25, 0.3) is 11.0 Å². The molecular weight excluding hydrogens is 278 g/mol. The number of aromatic nitrogens is 2. The molecule has 2 aromatic rings. The van der Waals surface area contributed by atoms with Crippen LogP contribution in [0.3, 0.4) is 0 Å². The lowest BCUT2D eigenvalue weighted by molar-refractivity contribution is -0.120. The number of nitrogens with zero attached hydrogens (tertiary/aromatic N) is 3. The average molecular weight is 299 g/mol. The fraction of sp³-hybridized carbons (Fsp3) is 0.438. The summed E-state index contributed by atoms with van der Waals surface area (Å²) in [6.07, 6.45) is 0. The van der Waals surface area contributed by atoms with Gasteiger partial charge in [-0.25, -0.2) is 4.98 Å². The highest BCUT2D eigenvalue weighted by atomic mass is 16.1. The molecule has 2 rings (SSSR count). The number of hydrogen-bond acceptors (Lipinski definition) is 4. The minimum absolute atomic E-state index is 0.0272. The van der Waals surface area contributed by atoms with Gasteiger partial charge < -0.3 is 9.88 Å². The first kappa shape index (κ1) is 16.0. The van der Waals surface area contributed by atoms with Crippen LogP contribution in [0.5, 0.6) is 0 Å². The summed E-state index contributed by atoms with van der Waals surface area (Å²) in [5.74, 6) is 0.713. The zero-order chi connectivity index (χ0) is 16.1. The highest BCUT2D eigenvalue weighted by Gasteiger charge is 2.18. The third-order valence-corrected chi connectivity index (χ3v) is 3.46. The zero-order valence-corrected chi connectivity index (χ0v) is 13.1. The predicted molar refractivity (Wildman–Crippen MR) is 85.2 cm³/mol. The molecule has 1 amide bonds. The fourth-order valence-electron chi connectivity index (χ4n) is 2.45. The number of rotatable bonds is 6.